The summed E-state index contributed by atoms with van der Waals surface area (Å²) >= 11 is 3.51. The molecule has 3 nitrogen and oxygen atoms in total. The topological polar surface area (TPSA) is 34.9 Å². The number of nitrogens with zero attached hydrogens (tertiary/aromatic N) is 2. The van der Waals surface area contributed by atoms with Gasteiger partial charge in [0, 0.05) is 19.0 Å². The van der Waals surface area contributed by atoms with Gasteiger partial charge in [-0.05, 0) is 29.3 Å². The first-order valence-electron chi connectivity index (χ1n) is 5.86. The smallest absolute Gasteiger partial charge is 0.163 e. The van der Waals surface area contributed by atoms with Crippen LogP contribution in [0.5, 0.6) is 0 Å². The second-order valence-corrected chi connectivity index (χ2v) is 5.05. The van der Waals surface area contributed by atoms with Crippen LogP contribution in [0.4, 0.5) is 0 Å². The number of Topliss-reactive ketones (excluding diaryl/α,β-unsaturated/α-hetero) is 1. The van der Waals surface area contributed by atoms with E-state index in [0.29, 0.717) is 12.8 Å². The average Bonchev–Trinajstić information content (AvgIpc) is 2.62. The average molecular weight is 307 g/mol. The van der Waals surface area contributed by atoms with Crippen LogP contribution in [0.3, 0.4) is 0 Å². The van der Waals surface area contributed by atoms with Crippen molar-refractivity contribution in [3.05, 3.63) is 51.8 Å². The van der Waals surface area contributed by atoms with Gasteiger partial charge >= 0.3 is 0 Å². The summed E-state index contributed by atoms with van der Waals surface area (Å²) in [5.74, 6) is 0.168. The number of hydrogen-bond acceptors (Lipinski definition) is 2. The number of halogens is 1. The van der Waals surface area contributed by atoms with Gasteiger partial charge in [-0.25, -0.2) is 0 Å². The third kappa shape index (κ3) is 2.70. The molecule has 0 aliphatic rings. The van der Waals surface area contributed by atoms with E-state index < -0.39 is 0 Å². The molecule has 0 saturated heterocycles. The van der Waals surface area contributed by atoms with Gasteiger partial charge in [-0.2, -0.15) is 5.10 Å². The third-order valence-electron chi connectivity index (χ3n) is 2.95. The number of ketones is 1. The molecule has 1 heterocycles. The Hall–Kier alpha value is -1.42. The predicted molar refractivity (Wildman–Crippen MR) is 74.7 cm³/mol. The van der Waals surface area contributed by atoms with Gasteiger partial charge in [0.05, 0.1) is 15.9 Å². The number of carbonyl (C=O) groups is 1. The quantitative estimate of drug-likeness (QED) is 0.812. The minimum absolute atomic E-state index is 0.168. The van der Waals surface area contributed by atoms with Gasteiger partial charge in [0.1, 0.15) is 0 Å². The Balaban J connectivity index is 2.06. The monoisotopic (exact) mass is 306 g/mol. The zero-order chi connectivity index (χ0) is 13.1. The minimum Gasteiger partial charge on any atom is -0.294 e. The van der Waals surface area contributed by atoms with Crippen molar-refractivity contribution in [1.29, 1.82) is 0 Å². The first-order chi connectivity index (χ1) is 8.59. The molecule has 0 atom stereocenters. The van der Waals surface area contributed by atoms with Gasteiger partial charge in [-0.1, -0.05) is 30.3 Å². The highest BCUT2D eigenvalue weighted by Gasteiger charge is 2.12. The predicted octanol–water partition coefficient (Wildman–Crippen LogP) is 3.31. The maximum atomic E-state index is 12.0. The lowest BCUT2D eigenvalue weighted by Gasteiger charge is -2.03. The zero-order valence-corrected chi connectivity index (χ0v) is 12.1. The van der Waals surface area contributed by atoms with E-state index >= 15 is 0 Å². The van der Waals surface area contributed by atoms with Crippen LogP contribution in [0, 0.1) is 6.92 Å². The molecular formula is C14H15BrN2O. The van der Waals surface area contributed by atoms with Crippen molar-refractivity contribution in [2.24, 2.45) is 7.05 Å². The highest BCUT2D eigenvalue weighted by atomic mass is 79.9. The second kappa shape index (κ2) is 5.48. The van der Waals surface area contributed by atoms with Gasteiger partial charge in [-0.3, -0.25) is 9.48 Å². The van der Waals surface area contributed by atoms with E-state index in [2.05, 4.69) is 21.0 Å². The van der Waals surface area contributed by atoms with E-state index in [1.165, 1.54) is 0 Å². The fourth-order valence-electron chi connectivity index (χ4n) is 1.95. The van der Waals surface area contributed by atoms with Crippen molar-refractivity contribution in [2.45, 2.75) is 19.8 Å². The molecular weight excluding hydrogens is 292 g/mol. The molecule has 0 aliphatic heterocycles. The largest absolute Gasteiger partial charge is 0.294 e. The molecule has 1 aromatic heterocycles. The molecule has 0 fully saturated rings. The fraction of sp³-hybridized carbons (Fsp3) is 0.286. The first-order valence-corrected chi connectivity index (χ1v) is 6.65. The molecule has 0 unspecified atom stereocenters. The van der Waals surface area contributed by atoms with Crippen LogP contribution < -0.4 is 0 Å². The molecule has 94 valence electrons. The van der Waals surface area contributed by atoms with Crippen molar-refractivity contribution in [3.8, 4) is 0 Å². The summed E-state index contributed by atoms with van der Waals surface area (Å²) in [4.78, 5) is 12.0. The van der Waals surface area contributed by atoms with Crippen LogP contribution in [0.25, 0.3) is 0 Å². The molecule has 2 aromatic rings. The lowest BCUT2D eigenvalue weighted by Crippen LogP contribution is -2.05. The van der Waals surface area contributed by atoms with Crippen LogP contribution in [0.15, 0.2) is 34.8 Å². The summed E-state index contributed by atoms with van der Waals surface area (Å²) in [6, 6.07) is 9.39. The molecule has 0 radical (unpaired) electrons. The van der Waals surface area contributed by atoms with Gasteiger partial charge < -0.3 is 0 Å². The van der Waals surface area contributed by atoms with E-state index in [9.17, 15) is 4.79 Å². The summed E-state index contributed by atoms with van der Waals surface area (Å²) in [5, 5.41) is 4.32. The Labute approximate surface area is 115 Å². The van der Waals surface area contributed by atoms with E-state index in [1.54, 1.807) is 0 Å². The molecule has 0 saturated carbocycles. The Morgan fingerprint density at radius 1 is 1.33 bits per heavy atom. The van der Waals surface area contributed by atoms with Crippen LogP contribution in [0.1, 0.15) is 28.2 Å². The Bertz CT molecular complexity index is 561. The van der Waals surface area contributed by atoms with Crippen LogP contribution in [-0.4, -0.2) is 15.6 Å². The van der Waals surface area contributed by atoms with E-state index in [-0.39, 0.29) is 5.78 Å². The molecule has 0 aliphatic carbocycles. The maximum absolute atomic E-state index is 12.0. The summed E-state index contributed by atoms with van der Waals surface area (Å²) in [6.07, 6.45) is 1.20. The molecule has 0 spiro atoms. The van der Waals surface area contributed by atoms with E-state index in [4.69, 9.17) is 0 Å². The Kier molecular flexibility index (Phi) is 3.97. The molecule has 0 bridgehead atoms. The standard InChI is InChI=1S/C14H15BrN2O/c1-10-14(15)12(17(2)16-10)8-9-13(18)11-6-4-3-5-7-11/h3-7H,8-9H2,1-2H3. The Morgan fingerprint density at radius 2 is 2.00 bits per heavy atom. The molecule has 0 amide bonds. The Morgan fingerprint density at radius 3 is 2.56 bits per heavy atom. The molecule has 1 aromatic carbocycles. The maximum Gasteiger partial charge on any atom is 0.163 e. The fourth-order valence-corrected chi connectivity index (χ4v) is 2.49. The highest BCUT2D eigenvalue weighted by molar-refractivity contribution is 9.10. The van der Waals surface area contributed by atoms with Crippen molar-refractivity contribution < 1.29 is 4.79 Å². The van der Waals surface area contributed by atoms with Gasteiger partial charge in [0.25, 0.3) is 0 Å². The van der Waals surface area contributed by atoms with Crippen molar-refractivity contribution in [1.82, 2.24) is 9.78 Å². The first kappa shape index (κ1) is 13.0. The lowest BCUT2D eigenvalue weighted by atomic mass is 10.1. The normalized spacial score (nSPS) is 10.6. The summed E-state index contributed by atoms with van der Waals surface area (Å²) in [6.45, 7) is 1.95. The SMILES string of the molecule is Cc1nn(C)c(CCC(=O)c2ccccc2)c1Br. The number of benzene rings is 1. The van der Waals surface area contributed by atoms with Gasteiger partial charge in [0.15, 0.2) is 5.78 Å². The molecule has 2 rings (SSSR count). The number of rotatable bonds is 4. The number of aromatic nitrogens is 2. The van der Waals surface area contributed by atoms with Crippen molar-refractivity contribution in [2.75, 3.05) is 0 Å². The number of carbonyl (C=O) groups excluding carboxylic acids is 1. The minimum atomic E-state index is 0.168. The lowest BCUT2D eigenvalue weighted by molar-refractivity contribution is 0.0982. The van der Waals surface area contributed by atoms with Crippen LogP contribution in [-0.2, 0) is 13.5 Å². The second-order valence-electron chi connectivity index (χ2n) is 4.26. The van der Waals surface area contributed by atoms with Crippen LogP contribution in [0.2, 0.25) is 0 Å². The summed E-state index contributed by atoms with van der Waals surface area (Å²) in [7, 11) is 1.90. The third-order valence-corrected chi connectivity index (χ3v) is 3.98. The molecule has 18 heavy (non-hydrogen) atoms. The zero-order valence-electron chi connectivity index (χ0n) is 10.5. The van der Waals surface area contributed by atoms with E-state index in [0.717, 1.165) is 21.4 Å². The van der Waals surface area contributed by atoms with Gasteiger partial charge in [-0.15, -0.1) is 0 Å². The number of aryl methyl sites for hydroxylation is 2. The summed E-state index contributed by atoms with van der Waals surface area (Å²) < 4.78 is 2.84. The molecule has 0 N–H and O–H groups in total. The molecule has 4 heteroatoms. The van der Waals surface area contributed by atoms with Crippen molar-refractivity contribution >= 4 is 21.7 Å². The van der Waals surface area contributed by atoms with Crippen molar-refractivity contribution in [3.63, 3.8) is 0 Å². The van der Waals surface area contributed by atoms with E-state index in [1.807, 2.05) is 49.0 Å². The van der Waals surface area contributed by atoms with Gasteiger partial charge in [0.2, 0.25) is 0 Å². The van der Waals surface area contributed by atoms with Crippen LogP contribution >= 0.6 is 15.9 Å². The highest BCUT2D eigenvalue weighted by Crippen LogP contribution is 2.21. The number of hydrogen-bond donors (Lipinski definition) is 0. The summed E-state index contributed by atoms with van der Waals surface area (Å²) in [5.41, 5.74) is 2.80.